The van der Waals surface area contributed by atoms with E-state index in [0.29, 0.717) is 19.3 Å². The van der Waals surface area contributed by atoms with Crippen LogP contribution in [0.1, 0.15) is 175 Å². The van der Waals surface area contributed by atoms with Crippen LogP contribution in [0.2, 0.25) is 0 Å². The fourth-order valence-electron chi connectivity index (χ4n) is 6.19. The van der Waals surface area contributed by atoms with E-state index in [-0.39, 0.29) is 38.4 Å². The molecule has 0 aliphatic heterocycles. The second kappa shape index (κ2) is 56.8. The Labute approximate surface area is 433 Å². The highest BCUT2D eigenvalue weighted by atomic mass is 16.6. The highest BCUT2D eigenvalue weighted by molar-refractivity contribution is 5.71. The minimum Gasteiger partial charge on any atom is -0.462 e. The lowest BCUT2D eigenvalue weighted by molar-refractivity contribution is -0.166. The molecule has 6 heteroatoms. The maximum Gasteiger partial charge on any atom is 0.306 e. The van der Waals surface area contributed by atoms with Crippen LogP contribution in [0, 0.1) is 0 Å². The summed E-state index contributed by atoms with van der Waals surface area (Å²) in [4.78, 5) is 38.0. The molecule has 0 saturated heterocycles. The summed E-state index contributed by atoms with van der Waals surface area (Å²) < 4.78 is 16.6. The largest absolute Gasteiger partial charge is 0.462 e. The molecule has 0 aliphatic carbocycles. The van der Waals surface area contributed by atoms with Crippen LogP contribution in [0.25, 0.3) is 0 Å². The van der Waals surface area contributed by atoms with Gasteiger partial charge in [0.05, 0.1) is 0 Å². The third kappa shape index (κ3) is 55.1. The van der Waals surface area contributed by atoms with Gasteiger partial charge in [0, 0.05) is 19.3 Å². The quantitative estimate of drug-likeness (QED) is 0.0262. The van der Waals surface area contributed by atoms with E-state index in [1.54, 1.807) is 0 Å². The fraction of sp³-hybridized carbons (Fsp3) is 0.462. The summed E-state index contributed by atoms with van der Waals surface area (Å²) >= 11 is 0. The fourth-order valence-corrected chi connectivity index (χ4v) is 6.19. The predicted octanol–water partition coefficient (Wildman–Crippen LogP) is 18.3. The summed E-state index contributed by atoms with van der Waals surface area (Å²) in [5.41, 5.74) is 0. The van der Waals surface area contributed by atoms with Gasteiger partial charge in [0.25, 0.3) is 0 Å². The number of hydrogen-bond acceptors (Lipinski definition) is 6. The number of rotatable bonds is 45. The van der Waals surface area contributed by atoms with Crippen molar-refractivity contribution in [2.75, 3.05) is 13.2 Å². The van der Waals surface area contributed by atoms with Gasteiger partial charge in [0.2, 0.25) is 0 Å². The number of carbonyl (C=O) groups excluding carboxylic acids is 3. The zero-order chi connectivity index (χ0) is 51.4. The molecular weight excluding hydrogens is 877 g/mol. The predicted molar refractivity (Wildman–Crippen MR) is 306 cm³/mol. The molecule has 0 unspecified atom stereocenters. The van der Waals surface area contributed by atoms with Gasteiger partial charge in [-0.25, -0.2) is 0 Å². The number of hydrogen-bond donors (Lipinski definition) is 0. The first-order chi connectivity index (χ1) is 35.0. The molecule has 0 N–H and O–H groups in total. The number of carbonyl (C=O) groups is 3. The Hall–Kier alpha value is -5.75. The Balaban J connectivity index is 4.73. The highest BCUT2D eigenvalue weighted by Crippen LogP contribution is 2.08. The maximum absolute atomic E-state index is 12.8. The molecule has 0 aliphatic rings. The summed E-state index contributed by atoms with van der Waals surface area (Å²) in [6.45, 7) is 6.09. The molecule has 0 heterocycles. The average molecular weight is 971 g/mol. The molecule has 0 spiro atoms. The Morgan fingerprint density at radius 1 is 0.282 bits per heavy atom. The maximum atomic E-state index is 12.8. The van der Waals surface area contributed by atoms with Gasteiger partial charge in [0.15, 0.2) is 6.10 Å². The van der Waals surface area contributed by atoms with E-state index in [0.717, 1.165) is 116 Å². The molecule has 0 aromatic rings. The molecule has 71 heavy (non-hydrogen) atoms. The molecule has 0 aromatic carbocycles. The summed E-state index contributed by atoms with van der Waals surface area (Å²) in [5.74, 6) is -1.19. The van der Waals surface area contributed by atoms with Crippen LogP contribution in [0.15, 0.2) is 194 Å². The molecule has 6 nitrogen and oxygen atoms in total. The topological polar surface area (TPSA) is 78.9 Å². The lowest BCUT2D eigenvalue weighted by Crippen LogP contribution is -2.30. The van der Waals surface area contributed by atoms with Crippen molar-refractivity contribution < 1.29 is 28.6 Å². The lowest BCUT2D eigenvalue weighted by atomic mass is 10.2. The van der Waals surface area contributed by atoms with Crippen molar-refractivity contribution in [3.05, 3.63) is 194 Å². The van der Waals surface area contributed by atoms with Crippen molar-refractivity contribution in [3.8, 4) is 0 Å². The summed E-state index contributed by atoms with van der Waals surface area (Å²) in [5, 5.41) is 0. The Bertz CT molecular complexity index is 1780. The lowest BCUT2D eigenvalue weighted by Gasteiger charge is -2.18. The number of ether oxygens (including phenoxy) is 3. The number of esters is 3. The Morgan fingerprint density at radius 3 is 0.817 bits per heavy atom. The second-order valence-corrected chi connectivity index (χ2v) is 16.6. The molecule has 0 rings (SSSR count). The van der Waals surface area contributed by atoms with Gasteiger partial charge in [-0.2, -0.15) is 0 Å². The first-order valence-corrected chi connectivity index (χ1v) is 26.9. The van der Waals surface area contributed by atoms with Crippen LogP contribution in [-0.4, -0.2) is 37.2 Å². The highest BCUT2D eigenvalue weighted by Gasteiger charge is 2.19. The van der Waals surface area contributed by atoms with Gasteiger partial charge >= 0.3 is 17.9 Å². The smallest absolute Gasteiger partial charge is 0.306 e. The first-order valence-electron chi connectivity index (χ1n) is 26.9. The summed E-state index contributed by atoms with van der Waals surface area (Å²) in [7, 11) is 0. The third-order valence-corrected chi connectivity index (χ3v) is 10.1. The summed E-state index contributed by atoms with van der Waals surface area (Å²) in [6.07, 6.45) is 87.3. The molecule has 0 amide bonds. The second-order valence-electron chi connectivity index (χ2n) is 16.6. The molecule has 0 saturated carbocycles. The van der Waals surface area contributed by atoms with Crippen LogP contribution in [-0.2, 0) is 28.6 Å². The van der Waals surface area contributed by atoms with E-state index in [4.69, 9.17) is 14.2 Å². The molecule has 0 radical (unpaired) electrons. The van der Waals surface area contributed by atoms with Gasteiger partial charge in [-0.05, 0) is 135 Å². The van der Waals surface area contributed by atoms with Crippen molar-refractivity contribution in [1.29, 1.82) is 0 Å². The van der Waals surface area contributed by atoms with Crippen molar-refractivity contribution in [2.24, 2.45) is 0 Å². The average Bonchev–Trinajstić information content (AvgIpc) is 3.37. The van der Waals surface area contributed by atoms with E-state index in [9.17, 15) is 14.4 Å². The third-order valence-electron chi connectivity index (χ3n) is 10.1. The van der Waals surface area contributed by atoms with E-state index in [1.165, 1.54) is 0 Å². The molecule has 0 bridgehead atoms. The van der Waals surface area contributed by atoms with Crippen LogP contribution >= 0.6 is 0 Å². The normalized spacial score (nSPS) is 13.7. The van der Waals surface area contributed by atoms with Crippen molar-refractivity contribution in [2.45, 2.75) is 181 Å². The van der Waals surface area contributed by atoms with Gasteiger partial charge < -0.3 is 14.2 Å². The SMILES string of the molecule is CC/C=C\C/C=C\C/C=C\C/C=C\C/C=C\C/C=C\CCC(=O)OC[C@H](COC(=O)CCCC/C=C\C/C=C\C/C=C\C/C=C\CC)OC(=O)CC/C=C\C/C=C\C/C=C\C/C=C\C/C=C\C/C=C\CC. The zero-order valence-electron chi connectivity index (χ0n) is 44.4. The van der Waals surface area contributed by atoms with Gasteiger partial charge in [-0.1, -0.05) is 215 Å². The van der Waals surface area contributed by atoms with Crippen molar-refractivity contribution in [3.63, 3.8) is 0 Å². The van der Waals surface area contributed by atoms with E-state index >= 15 is 0 Å². The standard InChI is InChI=1S/C65H94O6/c1-4-7-10-13-16-19-22-25-28-30-32-34-37-40-43-46-49-52-55-58-64(67)70-61-62(60-69-63(66)57-54-51-48-45-42-39-36-27-24-21-18-15-12-9-6-3)71-65(68)59-56-53-50-47-44-41-38-35-33-31-29-26-23-20-17-14-11-8-5-2/h7-12,16-21,25-29,32-36,40-45,49-50,52-53,62H,4-6,13-15,22-24,30-31,37-39,46-48,51,54-61H2,1-3H3/b10-7-,11-8-,12-9-,19-16-,20-17-,21-18-,28-25-,29-26-,34-32-,35-33-,36-27-,43-40-,44-41-,45-42-,52-49-,53-50-/t62-/m0/s1. The van der Waals surface area contributed by atoms with E-state index < -0.39 is 18.0 Å². The first kappa shape index (κ1) is 65.2. The van der Waals surface area contributed by atoms with Crippen LogP contribution in [0.3, 0.4) is 0 Å². The number of allylic oxidation sites excluding steroid dienone is 32. The Morgan fingerprint density at radius 2 is 0.521 bits per heavy atom. The van der Waals surface area contributed by atoms with Crippen molar-refractivity contribution in [1.82, 2.24) is 0 Å². The van der Waals surface area contributed by atoms with Crippen LogP contribution in [0.5, 0.6) is 0 Å². The van der Waals surface area contributed by atoms with Crippen molar-refractivity contribution >= 4 is 17.9 Å². The van der Waals surface area contributed by atoms with Crippen LogP contribution in [0.4, 0.5) is 0 Å². The molecule has 1 atom stereocenters. The molecular formula is C65H94O6. The van der Waals surface area contributed by atoms with Crippen LogP contribution < -0.4 is 0 Å². The van der Waals surface area contributed by atoms with Gasteiger partial charge in [-0.15, -0.1) is 0 Å². The van der Waals surface area contributed by atoms with E-state index in [2.05, 4.69) is 191 Å². The minimum atomic E-state index is -0.879. The zero-order valence-corrected chi connectivity index (χ0v) is 44.4. The number of unbranched alkanes of at least 4 members (excludes halogenated alkanes) is 2. The van der Waals surface area contributed by atoms with E-state index in [1.807, 2.05) is 24.3 Å². The molecule has 0 aromatic heterocycles. The van der Waals surface area contributed by atoms with Gasteiger partial charge in [0.1, 0.15) is 13.2 Å². The monoisotopic (exact) mass is 971 g/mol. The summed E-state index contributed by atoms with van der Waals surface area (Å²) in [6, 6.07) is 0. The molecule has 390 valence electrons. The minimum absolute atomic E-state index is 0.165. The molecule has 0 fully saturated rings. The Kier molecular flexibility index (Phi) is 52.2. The van der Waals surface area contributed by atoms with Gasteiger partial charge in [-0.3, -0.25) is 14.4 Å².